The molecule has 4 aromatic rings. The van der Waals surface area contributed by atoms with E-state index in [-0.39, 0.29) is 0 Å². The number of fused-ring (bicyclic) bond motifs is 1. The SMILES string of the molecule is Cc1nc(-c2cnn(C)c2-c2ccc(Cl)cc2C#N)c2c(N3CCC3)ncnn12. The summed E-state index contributed by atoms with van der Waals surface area (Å²) in [5.41, 5.74) is 4.48. The fourth-order valence-electron chi connectivity index (χ4n) is 3.75. The zero-order chi connectivity index (χ0) is 20.1. The molecule has 0 atom stereocenters. The quantitative estimate of drug-likeness (QED) is 0.521. The number of halogens is 1. The monoisotopic (exact) mass is 404 g/mol. The van der Waals surface area contributed by atoms with E-state index < -0.39 is 0 Å². The van der Waals surface area contributed by atoms with Crippen LogP contribution in [0.1, 0.15) is 17.8 Å². The maximum atomic E-state index is 9.64. The van der Waals surface area contributed by atoms with E-state index in [1.165, 1.54) is 0 Å². The highest BCUT2D eigenvalue weighted by molar-refractivity contribution is 6.30. The van der Waals surface area contributed by atoms with Gasteiger partial charge in [0.15, 0.2) is 5.82 Å². The van der Waals surface area contributed by atoms with E-state index in [9.17, 15) is 5.26 Å². The Morgan fingerprint density at radius 3 is 2.72 bits per heavy atom. The maximum absolute atomic E-state index is 9.64. The van der Waals surface area contributed by atoms with Crippen LogP contribution in [0.4, 0.5) is 5.82 Å². The normalized spacial score (nSPS) is 13.5. The molecule has 144 valence electrons. The molecule has 1 saturated heterocycles. The van der Waals surface area contributed by atoms with Crippen molar-refractivity contribution in [2.24, 2.45) is 7.05 Å². The van der Waals surface area contributed by atoms with Crippen molar-refractivity contribution in [3.05, 3.63) is 47.1 Å². The summed E-state index contributed by atoms with van der Waals surface area (Å²) in [6.07, 6.45) is 4.49. The highest BCUT2D eigenvalue weighted by atomic mass is 35.5. The number of anilines is 1. The molecule has 1 aliphatic heterocycles. The van der Waals surface area contributed by atoms with Crippen LogP contribution >= 0.6 is 11.6 Å². The van der Waals surface area contributed by atoms with Crippen molar-refractivity contribution in [2.75, 3.05) is 18.0 Å². The first kappa shape index (κ1) is 17.6. The van der Waals surface area contributed by atoms with Gasteiger partial charge in [-0.1, -0.05) is 11.6 Å². The van der Waals surface area contributed by atoms with Crippen LogP contribution in [0.2, 0.25) is 5.02 Å². The molecular weight excluding hydrogens is 388 g/mol. The van der Waals surface area contributed by atoms with E-state index in [0.29, 0.717) is 10.6 Å². The average molecular weight is 405 g/mol. The van der Waals surface area contributed by atoms with Crippen molar-refractivity contribution in [1.82, 2.24) is 29.4 Å². The lowest BCUT2D eigenvalue weighted by atomic mass is 10.0. The predicted molar refractivity (Wildman–Crippen MR) is 110 cm³/mol. The Kier molecular flexibility index (Phi) is 4.00. The predicted octanol–water partition coefficient (Wildman–Crippen LogP) is 3.24. The summed E-state index contributed by atoms with van der Waals surface area (Å²) in [6, 6.07) is 7.53. The molecule has 4 heterocycles. The molecule has 0 spiro atoms. The van der Waals surface area contributed by atoms with Crippen LogP contribution in [0.15, 0.2) is 30.7 Å². The summed E-state index contributed by atoms with van der Waals surface area (Å²) >= 11 is 6.10. The van der Waals surface area contributed by atoms with Crippen LogP contribution in [-0.4, -0.2) is 42.5 Å². The number of hydrogen-bond acceptors (Lipinski definition) is 6. The first-order chi connectivity index (χ1) is 14.1. The standard InChI is InChI=1S/C20H17ClN8/c1-12-26-17(19-20(28-6-3-7-28)23-11-25-29(12)19)16-10-24-27(2)18(16)15-5-4-14(21)8-13(15)9-22/h4-5,8,10-11H,3,6-7H2,1-2H3. The number of nitriles is 1. The Morgan fingerprint density at radius 1 is 1.17 bits per heavy atom. The van der Waals surface area contributed by atoms with Crippen LogP contribution in [-0.2, 0) is 7.05 Å². The summed E-state index contributed by atoms with van der Waals surface area (Å²) in [4.78, 5) is 11.6. The van der Waals surface area contributed by atoms with Gasteiger partial charge in [-0.3, -0.25) is 4.68 Å². The smallest absolute Gasteiger partial charge is 0.158 e. The fraction of sp³-hybridized carbons (Fsp3) is 0.250. The second kappa shape index (κ2) is 6.57. The van der Waals surface area contributed by atoms with Gasteiger partial charge >= 0.3 is 0 Å². The summed E-state index contributed by atoms with van der Waals surface area (Å²) in [6.45, 7) is 3.85. The lowest BCUT2D eigenvalue weighted by molar-refractivity contribution is 0.608. The van der Waals surface area contributed by atoms with Crippen LogP contribution in [0.3, 0.4) is 0 Å². The van der Waals surface area contributed by atoms with E-state index in [1.807, 2.05) is 24.6 Å². The van der Waals surface area contributed by atoms with Gasteiger partial charge in [-0.2, -0.15) is 15.5 Å². The van der Waals surface area contributed by atoms with E-state index in [1.54, 1.807) is 29.3 Å². The molecule has 0 unspecified atom stereocenters. The minimum absolute atomic E-state index is 0.488. The van der Waals surface area contributed by atoms with Gasteiger partial charge in [0, 0.05) is 36.3 Å². The highest BCUT2D eigenvalue weighted by Gasteiger charge is 2.26. The zero-order valence-corrected chi connectivity index (χ0v) is 16.7. The van der Waals surface area contributed by atoms with Crippen molar-refractivity contribution in [3.8, 4) is 28.6 Å². The molecule has 1 fully saturated rings. The van der Waals surface area contributed by atoms with Crippen LogP contribution in [0.5, 0.6) is 0 Å². The van der Waals surface area contributed by atoms with Gasteiger partial charge in [-0.25, -0.2) is 14.5 Å². The third-order valence-corrected chi connectivity index (χ3v) is 5.52. The Hall–Kier alpha value is -3.44. The lowest BCUT2D eigenvalue weighted by Crippen LogP contribution is -2.38. The molecule has 0 saturated carbocycles. The summed E-state index contributed by atoms with van der Waals surface area (Å²) in [5, 5.41) is 19.0. The van der Waals surface area contributed by atoms with Gasteiger partial charge in [-0.05, 0) is 31.5 Å². The second-order valence-electron chi connectivity index (χ2n) is 7.02. The van der Waals surface area contributed by atoms with Crippen molar-refractivity contribution >= 4 is 22.9 Å². The molecule has 0 bridgehead atoms. The largest absolute Gasteiger partial charge is 0.355 e. The van der Waals surface area contributed by atoms with E-state index in [2.05, 4.69) is 26.2 Å². The molecule has 1 aliphatic rings. The Morgan fingerprint density at radius 2 is 2.00 bits per heavy atom. The highest BCUT2D eigenvalue weighted by Crippen LogP contribution is 2.38. The Labute approximate surface area is 172 Å². The minimum Gasteiger partial charge on any atom is -0.355 e. The van der Waals surface area contributed by atoms with Gasteiger partial charge in [0.1, 0.15) is 23.4 Å². The van der Waals surface area contributed by atoms with Crippen LogP contribution in [0.25, 0.3) is 28.0 Å². The molecule has 0 radical (unpaired) electrons. The number of nitrogens with zero attached hydrogens (tertiary/aromatic N) is 8. The molecule has 0 amide bonds. The summed E-state index contributed by atoms with van der Waals surface area (Å²) < 4.78 is 3.58. The van der Waals surface area contributed by atoms with Crippen LogP contribution < -0.4 is 4.90 Å². The maximum Gasteiger partial charge on any atom is 0.158 e. The first-order valence-corrected chi connectivity index (χ1v) is 9.64. The third kappa shape index (κ3) is 2.66. The van der Waals surface area contributed by atoms with Gasteiger partial charge in [0.25, 0.3) is 0 Å². The number of rotatable bonds is 3. The topological polar surface area (TPSA) is 87.9 Å². The van der Waals surface area contributed by atoms with Crippen molar-refractivity contribution < 1.29 is 0 Å². The van der Waals surface area contributed by atoms with E-state index >= 15 is 0 Å². The Balaban J connectivity index is 1.80. The van der Waals surface area contributed by atoms with Gasteiger partial charge in [0.05, 0.1) is 23.5 Å². The molecule has 0 N–H and O–H groups in total. The molecule has 1 aromatic carbocycles. The van der Waals surface area contributed by atoms with Crippen molar-refractivity contribution in [2.45, 2.75) is 13.3 Å². The Bertz CT molecular complexity index is 1290. The number of aryl methyl sites for hydroxylation is 2. The molecular formula is C20H17ClN8. The second-order valence-corrected chi connectivity index (χ2v) is 7.46. The fourth-order valence-corrected chi connectivity index (χ4v) is 3.92. The van der Waals surface area contributed by atoms with Gasteiger partial charge in [0.2, 0.25) is 0 Å². The molecule has 0 aliphatic carbocycles. The molecule has 29 heavy (non-hydrogen) atoms. The zero-order valence-electron chi connectivity index (χ0n) is 16.0. The van der Waals surface area contributed by atoms with Gasteiger partial charge in [-0.15, -0.1) is 0 Å². The minimum atomic E-state index is 0.488. The lowest BCUT2D eigenvalue weighted by Gasteiger charge is -2.32. The van der Waals surface area contributed by atoms with Gasteiger partial charge < -0.3 is 4.90 Å². The summed E-state index contributed by atoms with van der Waals surface area (Å²) in [7, 11) is 1.85. The third-order valence-electron chi connectivity index (χ3n) is 5.28. The average Bonchev–Trinajstić information content (AvgIpc) is 3.21. The molecule has 9 heteroatoms. The van der Waals surface area contributed by atoms with E-state index in [0.717, 1.165) is 59.2 Å². The number of hydrogen-bond donors (Lipinski definition) is 0. The number of imidazole rings is 1. The van der Waals surface area contributed by atoms with Crippen molar-refractivity contribution in [1.29, 1.82) is 5.26 Å². The summed E-state index contributed by atoms with van der Waals surface area (Å²) in [5.74, 6) is 1.64. The van der Waals surface area contributed by atoms with Crippen molar-refractivity contribution in [3.63, 3.8) is 0 Å². The molecule has 3 aromatic heterocycles. The molecule has 5 rings (SSSR count). The molecule has 8 nitrogen and oxygen atoms in total. The number of benzene rings is 1. The first-order valence-electron chi connectivity index (χ1n) is 9.26. The van der Waals surface area contributed by atoms with Crippen LogP contribution in [0, 0.1) is 18.3 Å². The van der Waals surface area contributed by atoms with E-state index in [4.69, 9.17) is 16.6 Å². The number of aromatic nitrogens is 6.